The van der Waals surface area contributed by atoms with E-state index in [1.807, 2.05) is 32.0 Å². The summed E-state index contributed by atoms with van der Waals surface area (Å²) in [6.45, 7) is 4.06. The molecule has 0 aliphatic rings. The van der Waals surface area contributed by atoms with Crippen LogP contribution >= 0.6 is 10.7 Å². The summed E-state index contributed by atoms with van der Waals surface area (Å²) in [7, 11) is 1.28. The zero-order valence-corrected chi connectivity index (χ0v) is 11.5. The van der Waals surface area contributed by atoms with Crippen molar-refractivity contribution in [3.63, 3.8) is 0 Å². The third kappa shape index (κ3) is 2.88. The molecular weight excluding hydrogens is 274 g/mol. The molecule has 1 N–H and O–H groups in total. The van der Waals surface area contributed by atoms with E-state index in [9.17, 15) is 8.42 Å². The Balaban J connectivity index is 2.24. The van der Waals surface area contributed by atoms with Crippen molar-refractivity contribution in [2.24, 2.45) is 0 Å². The second-order valence-electron chi connectivity index (χ2n) is 4.10. The van der Waals surface area contributed by atoms with E-state index in [2.05, 4.69) is 15.2 Å². The molecule has 18 heavy (non-hydrogen) atoms. The molecule has 0 amide bonds. The summed E-state index contributed by atoms with van der Waals surface area (Å²) < 4.78 is 22.0. The van der Waals surface area contributed by atoms with Crippen LogP contribution in [0.2, 0.25) is 0 Å². The van der Waals surface area contributed by atoms with Crippen LogP contribution in [0.4, 0.5) is 0 Å². The number of halogens is 1. The van der Waals surface area contributed by atoms with Crippen LogP contribution in [0.15, 0.2) is 23.4 Å². The lowest BCUT2D eigenvalue weighted by molar-refractivity contribution is 0.601. The zero-order valence-electron chi connectivity index (χ0n) is 9.94. The summed E-state index contributed by atoms with van der Waals surface area (Å²) in [6.07, 6.45) is 0.487. The summed E-state index contributed by atoms with van der Waals surface area (Å²) in [4.78, 5) is 3.84. The molecule has 0 bridgehead atoms. The van der Waals surface area contributed by atoms with Crippen LogP contribution in [-0.4, -0.2) is 23.6 Å². The summed E-state index contributed by atoms with van der Waals surface area (Å²) in [6, 6.07) is 6.02. The summed E-state index contributed by atoms with van der Waals surface area (Å²) in [5.74, 6) is 0.470. The predicted molar refractivity (Wildman–Crippen MR) is 68.1 cm³/mol. The molecule has 0 atom stereocenters. The fourth-order valence-electron chi connectivity index (χ4n) is 1.57. The Hall–Kier alpha value is -1.40. The topological polar surface area (TPSA) is 75.7 Å². The Morgan fingerprint density at radius 2 is 2.00 bits per heavy atom. The van der Waals surface area contributed by atoms with Crippen LogP contribution in [-0.2, 0) is 15.5 Å². The SMILES string of the molecule is Cc1ccc(Cc2nc(S(=O)(=O)Cl)n[nH]2)cc1C. The highest BCUT2D eigenvalue weighted by molar-refractivity contribution is 8.13. The summed E-state index contributed by atoms with van der Waals surface area (Å²) in [5.41, 5.74) is 3.42. The molecule has 0 spiro atoms. The maximum Gasteiger partial charge on any atom is 0.298 e. The van der Waals surface area contributed by atoms with Crippen molar-refractivity contribution < 1.29 is 8.42 Å². The fraction of sp³-hybridized carbons (Fsp3) is 0.273. The number of rotatable bonds is 3. The molecule has 1 heterocycles. The first-order valence-corrected chi connectivity index (χ1v) is 7.59. The lowest BCUT2D eigenvalue weighted by Crippen LogP contribution is -1.95. The molecule has 96 valence electrons. The van der Waals surface area contributed by atoms with Gasteiger partial charge >= 0.3 is 0 Å². The number of aromatic nitrogens is 3. The quantitative estimate of drug-likeness (QED) is 0.875. The van der Waals surface area contributed by atoms with Gasteiger partial charge in [-0.05, 0) is 30.5 Å². The molecule has 2 rings (SSSR count). The lowest BCUT2D eigenvalue weighted by Gasteiger charge is -2.02. The van der Waals surface area contributed by atoms with E-state index < -0.39 is 9.05 Å². The third-order valence-electron chi connectivity index (χ3n) is 2.67. The van der Waals surface area contributed by atoms with Crippen LogP contribution in [0.1, 0.15) is 22.5 Å². The van der Waals surface area contributed by atoms with Crippen molar-refractivity contribution >= 4 is 19.7 Å². The Morgan fingerprint density at radius 3 is 2.56 bits per heavy atom. The maximum absolute atomic E-state index is 11.0. The van der Waals surface area contributed by atoms with Gasteiger partial charge in [0.25, 0.3) is 14.2 Å². The molecular formula is C11H12ClN3O2S. The van der Waals surface area contributed by atoms with Gasteiger partial charge in [-0.3, -0.25) is 5.10 Å². The smallest absolute Gasteiger partial charge is 0.262 e. The first kappa shape index (κ1) is 13.0. The van der Waals surface area contributed by atoms with E-state index in [0.29, 0.717) is 12.2 Å². The van der Waals surface area contributed by atoms with Crippen LogP contribution in [0.25, 0.3) is 0 Å². The molecule has 0 saturated carbocycles. The number of nitrogens with zero attached hydrogens (tertiary/aromatic N) is 2. The van der Waals surface area contributed by atoms with Crippen LogP contribution < -0.4 is 0 Å². The van der Waals surface area contributed by atoms with Crippen molar-refractivity contribution in [3.8, 4) is 0 Å². The third-order valence-corrected chi connectivity index (χ3v) is 3.70. The number of H-pyrrole nitrogens is 1. The maximum atomic E-state index is 11.0. The molecule has 0 radical (unpaired) electrons. The molecule has 2 aromatic rings. The average Bonchev–Trinajstić information content (AvgIpc) is 2.72. The molecule has 0 aliphatic carbocycles. The highest BCUT2D eigenvalue weighted by Crippen LogP contribution is 2.14. The van der Waals surface area contributed by atoms with Crippen molar-refractivity contribution in [1.82, 2.24) is 15.2 Å². The van der Waals surface area contributed by atoms with Crippen LogP contribution in [0, 0.1) is 13.8 Å². The van der Waals surface area contributed by atoms with E-state index in [1.54, 1.807) is 0 Å². The van der Waals surface area contributed by atoms with Gasteiger partial charge in [0.2, 0.25) is 0 Å². The van der Waals surface area contributed by atoms with Crippen molar-refractivity contribution in [3.05, 3.63) is 40.7 Å². The second kappa shape index (κ2) is 4.70. The van der Waals surface area contributed by atoms with E-state index in [1.165, 1.54) is 11.1 Å². The van der Waals surface area contributed by atoms with Crippen LogP contribution in [0.3, 0.4) is 0 Å². The van der Waals surface area contributed by atoms with Crippen molar-refractivity contribution in [1.29, 1.82) is 0 Å². The largest absolute Gasteiger partial charge is 0.298 e. The highest BCUT2D eigenvalue weighted by atomic mass is 35.7. The normalized spacial score (nSPS) is 11.7. The molecule has 0 saturated heterocycles. The monoisotopic (exact) mass is 285 g/mol. The highest BCUT2D eigenvalue weighted by Gasteiger charge is 2.16. The summed E-state index contributed by atoms with van der Waals surface area (Å²) in [5, 5.41) is 5.75. The Kier molecular flexibility index (Phi) is 3.41. The second-order valence-corrected chi connectivity index (χ2v) is 6.56. The molecule has 1 aromatic heterocycles. The van der Waals surface area contributed by atoms with Gasteiger partial charge in [0.1, 0.15) is 5.82 Å². The molecule has 0 unspecified atom stereocenters. The minimum Gasteiger partial charge on any atom is -0.262 e. The number of hydrogen-bond acceptors (Lipinski definition) is 4. The van der Waals surface area contributed by atoms with Gasteiger partial charge in [0, 0.05) is 17.1 Å². The lowest BCUT2D eigenvalue weighted by atomic mass is 10.0. The molecule has 1 aromatic carbocycles. The number of hydrogen-bond donors (Lipinski definition) is 1. The van der Waals surface area contributed by atoms with Gasteiger partial charge in [-0.2, -0.15) is 0 Å². The van der Waals surface area contributed by atoms with Crippen molar-refractivity contribution in [2.75, 3.05) is 0 Å². The number of aryl methyl sites for hydroxylation is 2. The van der Waals surface area contributed by atoms with E-state index >= 15 is 0 Å². The van der Waals surface area contributed by atoms with E-state index in [4.69, 9.17) is 10.7 Å². The Bertz CT molecular complexity index is 679. The van der Waals surface area contributed by atoms with Gasteiger partial charge in [0.05, 0.1) is 0 Å². The van der Waals surface area contributed by atoms with Gasteiger partial charge in [-0.15, -0.1) is 5.10 Å². The van der Waals surface area contributed by atoms with Gasteiger partial charge in [-0.1, -0.05) is 18.2 Å². The standard InChI is InChI=1S/C11H12ClN3O2S/c1-7-3-4-9(5-8(7)2)6-10-13-11(15-14-10)18(12,16)17/h3-5H,6H2,1-2H3,(H,13,14,15). The fourth-order valence-corrected chi connectivity index (χ4v) is 2.15. The predicted octanol–water partition coefficient (Wildman–Crippen LogP) is 1.94. The number of nitrogens with one attached hydrogen (secondary N) is 1. The molecule has 5 nitrogen and oxygen atoms in total. The zero-order chi connectivity index (χ0) is 13.3. The molecule has 0 aliphatic heterocycles. The van der Waals surface area contributed by atoms with Gasteiger partial charge in [0.15, 0.2) is 0 Å². The first-order chi connectivity index (χ1) is 8.36. The number of benzene rings is 1. The Morgan fingerprint density at radius 1 is 1.28 bits per heavy atom. The Labute approximate surface area is 110 Å². The van der Waals surface area contributed by atoms with Gasteiger partial charge < -0.3 is 0 Å². The molecule has 0 fully saturated rings. The van der Waals surface area contributed by atoms with E-state index in [0.717, 1.165) is 5.56 Å². The van der Waals surface area contributed by atoms with Gasteiger partial charge in [-0.25, -0.2) is 13.4 Å². The number of aromatic amines is 1. The summed E-state index contributed by atoms with van der Waals surface area (Å²) >= 11 is 0. The average molecular weight is 286 g/mol. The van der Waals surface area contributed by atoms with Crippen molar-refractivity contribution in [2.45, 2.75) is 25.4 Å². The minimum absolute atomic E-state index is 0.386. The molecule has 7 heteroatoms. The minimum atomic E-state index is -3.87. The van der Waals surface area contributed by atoms with E-state index in [-0.39, 0.29) is 5.16 Å². The van der Waals surface area contributed by atoms with Crippen LogP contribution in [0.5, 0.6) is 0 Å². The first-order valence-electron chi connectivity index (χ1n) is 5.28.